The molecule has 1 aliphatic carbocycles. The highest BCUT2D eigenvalue weighted by molar-refractivity contribution is 5.36. The fourth-order valence-electron chi connectivity index (χ4n) is 3.07. The van der Waals surface area contributed by atoms with Gasteiger partial charge in [-0.15, -0.1) is 0 Å². The monoisotopic (exact) mass is 281 g/mol. The molecular formula is C18H23N3. The average molecular weight is 281 g/mol. The van der Waals surface area contributed by atoms with Crippen LogP contribution in [0, 0.1) is 13.8 Å². The van der Waals surface area contributed by atoms with Gasteiger partial charge in [0, 0.05) is 11.4 Å². The molecule has 0 aliphatic heterocycles. The van der Waals surface area contributed by atoms with Crippen molar-refractivity contribution in [2.75, 3.05) is 0 Å². The number of hydrazine groups is 1. The highest BCUT2D eigenvalue weighted by Crippen LogP contribution is 2.36. The second-order valence-electron chi connectivity index (χ2n) is 6.02. The summed E-state index contributed by atoms with van der Waals surface area (Å²) in [6.07, 6.45) is 4.03. The van der Waals surface area contributed by atoms with Crippen molar-refractivity contribution in [1.82, 2.24) is 10.4 Å². The summed E-state index contributed by atoms with van der Waals surface area (Å²) in [5.41, 5.74) is 8.78. The Morgan fingerprint density at radius 1 is 1.10 bits per heavy atom. The average Bonchev–Trinajstić information content (AvgIpc) is 2.42. The molecule has 2 aromatic rings. The molecule has 0 saturated heterocycles. The van der Waals surface area contributed by atoms with Crippen LogP contribution in [0.25, 0.3) is 0 Å². The molecule has 1 atom stereocenters. The molecule has 3 heteroatoms. The Bertz CT molecular complexity index is 615. The predicted molar refractivity (Wildman–Crippen MR) is 85.9 cm³/mol. The van der Waals surface area contributed by atoms with Crippen molar-refractivity contribution >= 4 is 0 Å². The molecule has 3 rings (SSSR count). The third-order valence-corrected chi connectivity index (χ3v) is 4.59. The maximum atomic E-state index is 5.80. The number of aryl methyl sites for hydroxylation is 2. The standard InChI is InChI=1S/C18H23N3/c1-12-6-11-17(13(2)20-12)18(21-19)16-9-7-15(8-10-16)14-4-3-5-14/h6-11,14,18,21H,3-5,19H2,1-2H3. The summed E-state index contributed by atoms with van der Waals surface area (Å²) >= 11 is 0. The molecule has 0 radical (unpaired) electrons. The highest BCUT2D eigenvalue weighted by Gasteiger charge is 2.20. The number of nitrogens with zero attached hydrogens (tertiary/aromatic N) is 1. The van der Waals surface area contributed by atoms with Gasteiger partial charge in [0.1, 0.15) is 0 Å². The van der Waals surface area contributed by atoms with Gasteiger partial charge in [0.15, 0.2) is 0 Å². The van der Waals surface area contributed by atoms with E-state index >= 15 is 0 Å². The van der Waals surface area contributed by atoms with E-state index in [0.29, 0.717) is 0 Å². The molecule has 21 heavy (non-hydrogen) atoms. The molecule has 1 aromatic heterocycles. The van der Waals surface area contributed by atoms with E-state index in [1.54, 1.807) is 0 Å². The smallest absolute Gasteiger partial charge is 0.0727 e. The van der Waals surface area contributed by atoms with E-state index in [2.05, 4.69) is 40.7 Å². The first-order valence-electron chi connectivity index (χ1n) is 7.69. The van der Waals surface area contributed by atoms with Gasteiger partial charge < -0.3 is 0 Å². The summed E-state index contributed by atoms with van der Waals surface area (Å²) in [5, 5.41) is 0. The van der Waals surface area contributed by atoms with Crippen molar-refractivity contribution in [2.24, 2.45) is 5.84 Å². The summed E-state index contributed by atoms with van der Waals surface area (Å²) in [7, 11) is 0. The van der Waals surface area contributed by atoms with Gasteiger partial charge in [0.25, 0.3) is 0 Å². The SMILES string of the molecule is Cc1ccc(C(NN)c2ccc(C3CCC3)cc2)c(C)n1. The van der Waals surface area contributed by atoms with Crippen LogP contribution in [0.3, 0.4) is 0 Å². The second-order valence-corrected chi connectivity index (χ2v) is 6.02. The zero-order valence-electron chi connectivity index (χ0n) is 12.8. The Morgan fingerprint density at radius 3 is 2.33 bits per heavy atom. The normalized spacial score (nSPS) is 16.5. The van der Waals surface area contributed by atoms with Crippen LogP contribution in [0.15, 0.2) is 36.4 Å². The van der Waals surface area contributed by atoms with Gasteiger partial charge in [-0.05, 0) is 55.4 Å². The maximum Gasteiger partial charge on any atom is 0.0727 e. The van der Waals surface area contributed by atoms with Gasteiger partial charge in [-0.3, -0.25) is 10.8 Å². The van der Waals surface area contributed by atoms with Gasteiger partial charge in [-0.1, -0.05) is 36.8 Å². The van der Waals surface area contributed by atoms with E-state index in [1.807, 2.05) is 19.9 Å². The van der Waals surface area contributed by atoms with Crippen molar-refractivity contribution in [1.29, 1.82) is 0 Å². The van der Waals surface area contributed by atoms with E-state index in [-0.39, 0.29) is 6.04 Å². The van der Waals surface area contributed by atoms with Gasteiger partial charge in [-0.2, -0.15) is 0 Å². The first-order valence-corrected chi connectivity index (χ1v) is 7.69. The minimum atomic E-state index is -0.00598. The topological polar surface area (TPSA) is 50.9 Å². The van der Waals surface area contributed by atoms with E-state index < -0.39 is 0 Å². The highest BCUT2D eigenvalue weighted by atomic mass is 15.2. The van der Waals surface area contributed by atoms with Crippen molar-refractivity contribution in [2.45, 2.75) is 45.1 Å². The molecule has 1 saturated carbocycles. The van der Waals surface area contributed by atoms with Crippen molar-refractivity contribution in [3.05, 3.63) is 64.5 Å². The number of hydrogen-bond acceptors (Lipinski definition) is 3. The third-order valence-electron chi connectivity index (χ3n) is 4.59. The molecule has 1 heterocycles. The van der Waals surface area contributed by atoms with Crippen LogP contribution >= 0.6 is 0 Å². The molecular weight excluding hydrogens is 258 g/mol. The van der Waals surface area contributed by atoms with E-state index in [4.69, 9.17) is 5.84 Å². The van der Waals surface area contributed by atoms with Crippen molar-refractivity contribution in [3.8, 4) is 0 Å². The Hall–Kier alpha value is -1.71. The summed E-state index contributed by atoms with van der Waals surface area (Å²) in [6.45, 7) is 4.05. The fourth-order valence-corrected chi connectivity index (χ4v) is 3.07. The number of aromatic nitrogens is 1. The molecule has 0 bridgehead atoms. The summed E-state index contributed by atoms with van der Waals surface area (Å²) < 4.78 is 0. The molecule has 1 aliphatic rings. The largest absolute Gasteiger partial charge is 0.271 e. The van der Waals surface area contributed by atoms with Crippen LogP contribution in [0.4, 0.5) is 0 Å². The molecule has 0 amide bonds. The molecule has 1 fully saturated rings. The summed E-state index contributed by atoms with van der Waals surface area (Å²) in [4.78, 5) is 4.54. The van der Waals surface area contributed by atoms with E-state index in [1.165, 1.54) is 30.4 Å². The van der Waals surface area contributed by atoms with Gasteiger partial charge in [-0.25, -0.2) is 5.43 Å². The Labute approximate surface area is 126 Å². The second kappa shape index (κ2) is 5.96. The molecule has 0 spiro atoms. The molecule has 3 N–H and O–H groups in total. The van der Waals surface area contributed by atoms with Crippen LogP contribution in [0.2, 0.25) is 0 Å². The first kappa shape index (κ1) is 14.2. The third kappa shape index (κ3) is 2.85. The number of hydrogen-bond donors (Lipinski definition) is 2. The van der Waals surface area contributed by atoms with E-state index in [9.17, 15) is 0 Å². The summed E-state index contributed by atoms with van der Waals surface area (Å²) in [6, 6.07) is 13.0. The predicted octanol–water partition coefficient (Wildman–Crippen LogP) is 3.52. The zero-order valence-corrected chi connectivity index (χ0v) is 12.8. The number of benzene rings is 1. The molecule has 3 nitrogen and oxygen atoms in total. The number of rotatable bonds is 4. The van der Waals surface area contributed by atoms with Crippen LogP contribution in [-0.4, -0.2) is 4.98 Å². The summed E-state index contributed by atoms with van der Waals surface area (Å²) in [5.74, 6) is 6.57. The quantitative estimate of drug-likeness (QED) is 0.666. The lowest BCUT2D eigenvalue weighted by Crippen LogP contribution is -2.29. The Balaban J connectivity index is 1.88. The van der Waals surface area contributed by atoms with Crippen LogP contribution in [0.1, 0.15) is 59.3 Å². The van der Waals surface area contributed by atoms with Gasteiger partial charge >= 0.3 is 0 Å². The van der Waals surface area contributed by atoms with Crippen molar-refractivity contribution in [3.63, 3.8) is 0 Å². The van der Waals surface area contributed by atoms with E-state index in [0.717, 1.165) is 22.9 Å². The lowest BCUT2D eigenvalue weighted by atomic mass is 9.79. The zero-order chi connectivity index (χ0) is 14.8. The molecule has 1 aromatic carbocycles. The number of nitrogens with two attached hydrogens (primary N) is 1. The lowest BCUT2D eigenvalue weighted by molar-refractivity contribution is 0.419. The van der Waals surface area contributed by atoms with Gasteiger partial charge in [0.2, 0.25) is 0 Å². The van der Waals surface area contributed by atoms with Crippen LogP contribution in [-0.2, 0) is 0 Å². The van der Waals surface area contributed by atoms with Gasteiger partial charge in [0.05, 0.1) is 6.04 Å². The Kier molecular flexibility index (Phi) is 4.04. The molecule has 110 valence electrons. The molecule has 1 unspecified atom stereocenters. The number of nitrogens with one attached hydrogen (secondary N) is 1. The maximum absolute atomic E-state index is 5.80. The minimum absolute atomic E-state index is 0.00598. The first-order chi connectivity index (χ1) is 10.2. The van der Waals surface area contributed by atoms with Crippen LogP contribution in [0.5, 0.6) is 0 Å². The fraction of sp³-hybridized carbons (Fsp3) is 0.389. The number of pyridine rings is 1. The Morgan fingerprint density at radius 2 is 1.81 bits per heavy atom. The van der Waals surface area contributed by atoms with Crippen LogP contribution < -0.4 is 11.3 Å². The van der Waals surface area contributed by atoms with Crippen molar-refractivity contribution < 1.29 is 0 Å². The lowest BCUT2D eigenvalue weighted by Gasteiger charge is -2.26. The minimum Gasteiger partial charge on any atom is -0.271 e.